The number of rotatable bonds is 2. The summed E-state index contributed by atoms with van der Waals surface area (Å²) in [5.41, 5.74) is -0.306. The molecule has 1 fully saturated rings. The van der Waals surface area contributed by atoms with E-state index < -0.39 is 15.9 Å². The lowest BCUT2D eigenvalue weighted by Crippen LogP contribution is -2.39. The summed E-state index contributed by atoms with van der Waals surface area (Å²) < 4.78 is 18.0. The van der Waals surface area contributed by atoms with Gasteiger partial charge in [0.25, 0.3) is 0 Å². The molecule has 1 heterocycles. The molecule has 0 spiro atoms. The van der Waals surface area contributed by atoms with E-state index >= 15 is 0 Å². The van der Waals surface area contributed by atoms with Crippen LogP contribution in [0.25, 0.3) is 0 Å². The van der Waals surface area contributed by atoms with Gasteiger partial charge in [-0.05, 0) is 0 Å². The first-order valence-electron chi connectivity index (χ1n) is 6.37. The van der Waals surface area contributed by atoms with Crippen molar-refractivity contribution in [3.05, 3.63) is 0 Å². The SMILES string of the molecule is C1CNCCN1.CC(C)(CO)CO.CP(=O)(O)O.O=[P+](O)O. The van der Waals surface area contributed by atoms with Crippen molar-refractivity contribution in [3.63, 3.8) is 0 Å². The van der Waals surface area contributed by atoms with E-state index in [0.717, 1.165) is 32.8 Å². The molecular formula is C10H29N2O8P2+. The number of piperazine rings is 1. The minimum absolute atomic E-state index is 0.0451. The van der Waals surface area contributed by atoms with Crippen LogP contribution in [0.1, 0.15) is 13.8 Å². The first-order chi connectivity index (χ1) is 9.85. The Balaban J connectivity index is -0.000000224. The van der Waals surface area contributed by atoms with Crippen LogP contribution in [0.3, 0.4) is 0 Å². The molecule has 0 atom stereocenters. The molecule has 1 aliphatic rings. The van der Waals surface area contributed by atoms with Crippen molar-refractivity contribution in [1.29, 1.82) is 0 Å². The number of hydrogen-bond acceptors (Lipinski definition) is 6. The first-order valence-corrected chi connectivity index (χ1v) is 9.59. The summed E-state index contributed by atoms with van der Waals surface area (Å²) >= 11 is 0. The van der Waals surface area contributed by atoms with E-state index in [4.69, 9.17) is 34.4 Å². The van der Waals surface area contributed by atoms with Crippen LogP contribution in [0, 0.1) is 5.41 Å². The van der Waals surface area contributed by atoms with Gasteiger partial charge >= 0.3 is 15.9 Å². The molecule has 0 aliphatic carbocycles. The third-order valence-electron chi connectivity index (χ3n) is 1.81. The van der Waals surface area contributed by atoms with Crippen molar-refractivity contribution in [2.24, 2.45) is 5.41 Å². The fourth-order valence-corrected chi connectivity index (χ4v) is 0.654. The van der Waals surface area contributed by atoms with Crippen LogP contribution in [-0.4, -0.2) is 75.8 Å². The van der Waals surface area contributed by atoms with Gasteiger partial charge in [0.05, 0.1) is 13.2 Å². The number of aliphatic hydroxyl groups is 2. The highest BCUT2D eigenvalue weighted by molar-refractivity contribution is 7.50. The molecule has 1 saturated heterocycles. The Bertz CT molecular complexity index is 278. The number of hydrogen-bond donors (Lipinski definition) is 8. The summed E-state index contributed by atoms with van der Waals surface area (Å²) in [7, 11) is -6.51. The third kappa shape index (κ3) is 50.1. The van der Waals surface area contributed by atoms with Gasteiger partial charge in [-0.2, -0.15) is 0 Å². The Morgan fingerprint density at radius 1 is 1.00 bits per heavy atom. The van der Waals surface area contributed by atoms with Gasteiger partial charge in [-0.25, -0.2) is 0 Å². The van der Waals surface area contributed by atoms with Gasteiger partial charge in [0, 0.05) is 42.8 Å². The molecule has 1 aliphatic heterocycles. The molecule has 0 radical (unpaired) electrons. The maximum atomic E-state index is 9.33. The Kier molecular flexibility index (Phi) is 19.4. The van der Waals surface area contributed by atoms with E-state index in [1.165, 1.54) is 0 Å². The van der Waals surface area contributed by atoms with Crippen LogP contribution < -0.4 is 10.6 Å². The molecule has 0 saturated carbocycles. The van der Waals surface area contributed by atoms with Crippen molar-refractivity contribution in [3.8, 4) is 0 Å². The van der Waals surface area contributed by atoms with E-state index in [-0.39, 0.29) is 18.6 Å². The second-order valence-corrected chi connectivity index (χ2v) is 7.24. The minimum Gasteiger partial charge on any atom is -0.396 e. The Hall–Kier alpha value is 0.01000. The lowest BCUT2D eigenvalue weighted by Gasteiger charge is -2.16. The van der Waals surface area contributed by atoms with E-state index in [0.29, 0.717) is 0 Å². The van der Waals surface area contributed by atoms with Gasteiger partial charge in [0.15, 0.2) is 0 Å². The molecule has 1 rings (SSSR count). The van der Waals surface area contributed by atoms with Gasteiger partial charge in [-0.15, -0.1) is 9.79 Å². The zero-order valence-electron chi connectivity index (χ0n) is 13.1. The van der Waals surface area contributed by atoms with Crippen LogP contribution in [-0.2, 0) is 9.13 Å². The van der Waals surface area contributed by atoms with Gasteiger partial charge in [0.2, 0.25) is 0 Å². The van der Waals surface area contributed by atoms with Crippen LogP contribution in [0.15, 0.2) is 0 Å². The number of nitrogens with one attached hydrogen (secondary N) is 2. The van der Waals surface area contributed by atoms with E-state index in [1.807, 2.05) is 0 Å². The molecule has 136 valence electrons. The molecule has 12 heteroatoms. The summed E-state index contributed by atoms with van der Waals surface area (Å²) in [5.74, 6) is 0. The smallest absolute Gasteiger partial charge is 0.396 e. The molecule has 0 bridgehead atoms. The van der Waals surface area contributed by atoms with Gasteiger partial charge in [-0.1, -0.05) is 13.8 Å². The average Bonchev–Trinajstić information content (AvgIpc) is 2.39. The molecule has 0 aromatic carbocycles. The highest BCUT2D eigenvalue weighted by Gasteiger charge is 2.13. The molecule has 0 aromatic heterocycles. The summed E-state index contributed by atoms with van der Waals surface area (Å²) in [6.45, 7) is 9.10. The van der Waals surface area contributed by atoms with E-state index in [9.17, 15) is 4.57 Å². The van der Waals surface area contributed by atoms with Gasteiger partial charge < -0.3 is 30.6 Å². The summed E-state index contributed by atoms with van der Waals surface area (Å²) in [4.78, 5) is 29.5. The van der Waals surface area contributed by atoms with Crippen molar-refractivity contribution in [2.75, 3.05) is 46.1 Å². The third-order valence-corrected chi connectivity index (χ3v) is 1.81. The van der Waals surface area contributed by atoms with Crippen molar-refractivity contribution in [1.82, 2.24) is 10.6 Å². The summed E-state index contributed by atoms with van der Waals surface area (Å²) in [6.07, 6.45) is 0. The standard InChI is InChI=1S/C5H12O2.C4H10N2.CH5O3P.HO3P/c1-5(2,3-6)4-7;1-2-6-4-3-5-1;1-5(2,3)4;1-4(2)3/h6-7H,3-4H2,1-2H3;5-6H,1-4H2;1H3,(H2,2,3,4);(H-,1,2,3)/p+1. The van der Waals surface area contributed by atoms with Crippen molar-refractivity contribution >= 4 is 15.9 Å². The van der Waals surface area contributed by atoms with Gasteiger partial charge in [-0.3, -0.25) is 4.57 Å². The maximum Gasteiger partial charge on any atom is 0.692 e. The van der Waals surface area contributed by atoms with Gasteiger partial charge in [0.1, 0.15) is 0 Å². The molecular weight excluding hydrogens is 338 g/mol. The summed E-state index contributed by atoms with van der Waals surface area (Å²) in [6, 6.07) is 0. The Morgan fingerprint density at radius 2 is 1.18 bits per heavy atom. The lowest BCUT2D eigenvalue weighted by atomic mass is 9.97. The second kappa shape index (κ2) is 15.9. The van der Waals surface area contributed by atoms with Crippen LogP contribution in [0.2, 0.25) is 0 Å². The highest BCUT2D eigenvalue weighted by atomic mass is 31.2. The molecule has 0 amide bonds. The second-order valence-electron chi connectivity index (χ2n) is 5.07. The fourth-order valence-electron chi connectivity index (χ4n) is 0.654. The van der Waals surface area contributed by atoms with Crippen LogP contribution >= 0.6 is 15.9 Å². The average molecular weight is 367 g/mol. The monoisotopic (exact) mass is 367 g/mol. The quantitative estimate of drug-likeness (QED) is 0.270. The maximum absolute atomic E-state index is 9.33. The molecule has 22 heavy (non-hydrogen) atoms. The zero-order chi connectivity index (χ0) is 18.2. The topological polar surface area (TPSA) is 180 Å². The first kappa shape index (κ1) is 26.9. The highest BCUT2D eigenvalue weighted by Crippen LogP contribution is 2.26. The molecule has 8 N–H and O–H groups in total. The minimum atomic E-state index is -3.64. The zero-order valence-corrected chi connectivity index (χ0v) is 14.9. The predicted molar refractivity (Wildman–Crippen MR) is 83.7 cm³/mol. The van der Waals surface area contributed by atoms with E-state index in [1.54, 1.807) is 13.8 Å². The molecule has 0 aromatic rings. The van der Waals surface area contributed by atoms with Crippen molar-refractivity contribution in [2.45, 2.75) is 13.8 Å². The van der Waals surface area contributed by atoms with E-state index in [2.05, 4.69) is 10.6 Å². The van der Waals surface area contributed by atoms with Crippen LogP contribution in [0.5, 0.6) is 0 Å². The van der Waals surface area contributed by atoms with Crippen molar-refractivity contribution < 1.29 is 38.9 Å². The summed E-state index contributed by atoms with van der Waals surface area (Å²) in [5, 5.41) is 23.3. The largest absolute Gasteiger partial charge is 0.692 e. The predicted octanol–water partition coefficient (Wildman–Crippen LogP) is -1.40. The molecule has 0 unspecified atom stereocenters. The van der Waals surface area contributed by atoms with Crippen LogP contribution in [0.4, 0.5) is 0 Å². The Labute approximate surface area is 131 Å². The molecule has 10 nitrogen and oxygen atoms in total. The lowest BCUT2D eigenvalue weighted by molar-refractivity contribution is 0.0857. The number of aliphatic hydroxyl groups excluding tert-OH is 2. The Morgan fingerprint density at radius 3 is 1.23 bits per heavy atom. The normalized spacial score (nSPS) is 14.2. The fraction of sp³-hybridized carbons (Fsp3) is 1.00.